The molecule has 0 aromatic heterocycles. The van der Waals surface area contributed by atoms with E-state index < -0.39 is 0 Å². The van der Waals surface area contributed by atoms with Crippen molar-refractivity contribution in [3.8, 4) is 0 Å². The van der Waals surface area contributed by atoms with Crippen LogP contribution in [0.15, 0.2) is 0 Å². The number of methoxy groups -OCH3 is 1. The predicted molar refractivity (Wildman–Crippen MR) is 57.5 cm³/mol. The highest BCUT2D eigenvalue weighted by atomic mass is 16.5. The summed E-state index contributed by atoms with van der Waals surface area (Å²) in [6, 6.07) is 0.900. The molecule has 3 unspecified atom stereocenters. The molecule has 0 saturated carbocycles. The average molecular weight is 201 g/mol. The third-order valence-corrected chi connectivity index (χ3v) is 2.77. The Morgan fingerprint density at radius 1 is 1.57 bits per heavy atom. The topological polar surface area (TPSA) is 30.5 Å². The summed E-state index contributed by atoms with van der Waals surface area (Å²) in [4.78, 5) is 0. The molecule has 1 heterocycles. The third kappa shape index (κ3) is 3.56. The molecule has 1 aliphatic rings. The zero-order valence-corrected chi connectivity index (χ0v) is 9.58. The monoisotopic (exact) mass is 201 g/mol. The first-order valence-corrected chi connectivity index (χ1v) is 5.64. The van der Waals surface area contributed by atoms with Crippen molar-refractivity contribution in [2.24, 2.45) is 0 Å². The molecule has 0 amide bonds. The van der Waals surface area contributed by atoms with Crippen LogP contribution >= 0.6 is 0 Å². The SMILES string of the molecule is CCC(NC(C)COC)C1CCCO1. The largest absolute Gasteiger partial charge is 0.383 e. The van der Waals surface area contributed by atoms with Gasteiger partial charge in [0.2, 0.25) is 0 Å². The minimum Gasteiger partial charge on any atom is -0.383 e. The number of hydrogen-bond acceptors (Lipinski definition) is 3. The molecule has 1 fully saturated rings. The van der Waals surface area contributed by atoms with Crippen molar-refractivity contribution in [2.45, 2.75) is 51.3 Å². The zero-order valence-electron chi connectivity index (χ0n) is 9.58. The molecule has 84 valence electrons. The molecule has 1 rings (SSSR count). The first-order chi connectivity index (χ1) is 6.77. The normalized spacial score (nSPS) is 26.4. The fourth-order valence-electron chi connectivity index (χ4n) is 2.07. The lowest BCUT2D eigenvalue weighted by atomic mass is 10.0. The van der Waals surface area contributed by atoms with Crippen LogP contribution < -0.4 is 5.32 Å². The number of nitrogens with one attached hydrogen (secondary N) is 1. The van der Waals surface area contributed by atoms with Crippen LogP contribution in [-0.2, 0) is 9.47 Å². The minimum absolute atomic E-state index is 0.411. The predicted octanol–water partition coefficient (Wildman–Crippen LogP) is 1.57. The van der Waals surface area contributed by atoms with Crippen LogP contribution in [0.25, 0.3) is 0 Å². The van der Waals surface area contributed by atoms with Crippen LogP contribution in [0.5, 0.6) is 0 Å². The number of ether oxygens (including phenoxy) is 2. The molecule has 1 N–H and O–H groups in total. The van der Waals surface area contributed by atoms with E-state index in [1.54, 1.807) is 7.11 Å². The standard InChI is InChI=1S/C11H23NO2/c1-4-10(11-6-5-7-14-11)12-9(2)8-13-3/h9-12H,4-8H2,1-3H3. The molecule has 1 aliphatic heterocycles. The van der Waals surface area contributed by atoms with Gasteiger partial charge in [0.25, 0.3) is 0 Å². The van der Waals surface area contributed by atoms with E-state index in [0.29, 0.717) is 18.2 Å². The van der Waals surface area contributed by atoms with E-state index in [9.17, 15) is 0 Å². The molecule has 3 atom stereocenters. The fraction of sp³-hybridized carbons (Fsp3) is 1.00. The van der Waals surface area contributed by atoms with Gasteiger partial charge in [-0.3, -0.25) is 0 Å². The first kappa shape index (κ1) is 12.0. The van der Waals surface area contributed by atoms with Crippen LogP contribution in [0.2, 0.25) is 0 Å². The Bertz CT molecular complexity index is 146. The van der Waals surface area contributed by atoms with Crippen molar-refractivity contribution >= 4 is 0 Å². The lowest BCUT2D eigenvalue weighted by Crippen LogP contribution is -2.45. The van der Waals surface area contributed by atoms with Gasteiger partial charge in [-0.15, -0.1) is 0 Å². The maximum atomic E-state index is 5.68. The van der Waals surface area contributed by atoms with E-state index in [-0.39, 0.29) is 0 Å². The maximum Gasteiger partial charge on any atom is 0.0728 e. The van der Waals surface area contributed by atoms with Crippen LogP contribution in [0.1, 0.15) is 33.1 Å². The van der Waals surface area contributed by atoms with E-state index in [1.807, 2.05) is 0 Å². The average Bonchev–Trinajstić information content (AvgIpc) is 2.67. The molecule has 0 spiro atoms. The van der Waals surface area contributed by atoms with E-state index in [2.05, 4.69) is 19.2 Å². The van der Waals surface area contributed by atoms with Gasteiger partial charge in [0, 0.05) is 25.8 Å². The second-order valence-corrected chi connectivity index (χ2v) is 4.09. The molecule has 0 aliphatic carbocycles. The van der Waals surface area contributed by atoms with Crippen molar-refractivity contribution in [2.75, 3.05) is 20.3 Å². The van der Waals surface area contributed by atoms with Gasteiger partial charge in [-0.2, -0.15) is 0 Å². The summed E-state index contributed by atoms with van der Waals surface area (Å²) in [6.45, 7) is 6.06. The van der Waals surface area contributed by atoms with Crippen molar-refractivity contribution in [1.29, 1.82) is 0 Å². The lowest BCUT2D eigenvalue weighted by Gasteiger charge is -2.26. The summed E-state index contributed by atoms with van der Waals surface area (Å²) in [5.74, 6) is 0. The van der Waals surface area contributed by atoms with E-state index in [1.165, 1.54) is 12.8 Å². The first-order valence-electron chi connectivity index (χ1n) is 5.64. The molecule has 0 radical (unpaired) electrons. The summed E-state index contributed by atoms with van der Waals surface area (Å²) >= 11 is 0. The third-order valence-electron chi connectivity index (χ3n) is 2.77. The lowest BCUT2D eigenvalue weighted by molar-refractivity contribution is 0.0667. The van der Waals surface area contributed by atoms with Gasteiger partial charge in [-0.1, -0.05) is 6.92 Å². The molecule has 1 saturated heterocycles. The molecule has 0 aromatic rings. The molecular weight excluding hydrogens is 178 g/mol. The highest BCUT2D eigenvalue weighted by Gasteiger charge is 2.25. The van der Waals surface area contributed by atoms with Gasteiger partial charge in [-0.25, -0.2) is 0 Å². The molecule has 0 aromatic carbocycles. The fourth-order valence-corrected chi connectivity index (χ4v) is 2.07. The number of rotatable bonds is 6. The van der Waals surface area contributed by atoms with Crippen molar-refractivity contribution in [3.63, 3.8) is 0 Å². The van der Waals surface area contributed by atoms with Gasteiger partial charge in [0.15, 0.2) is 0 Å². The Morgan fingerprint density at radius 2 is 2.36 bits per heavy atom. The molecule has 0 bridgehead atoms. The summed E-state index contributed by atoms with van der Waals surface area (Å²) < 4.78 is 10.8. The zero-order chi connectivity index (χ0) is 10.4. The van der Waals surface area contributed by atoms with E-state index >= 15 is 0 Å². The van der Waals surface area contributed by atoms with Gasteiger partial charge in [0.05, 0.1) is 12.7 Å². The molecule has 3 nitrogen and oxygen atoms in total. The maximum absolute atomic E-state index is 5.68. The Hall–Kier alpha value is -0.120. The van der Waals surface area contributed by atoms with E-state index in [0.717, 1.165) is 19.6 Å². The van der Waals surface area contributed by atoms with E-state index in [4.69, 9.17) is 9.47 Å². The highest BCUT2D eigenvalue weighted by Crippen LogP contribution is 2.17. The summed E-state index contributed by atoms with van der Waals surface area (Å²) in [5.41, 5.74) is 0. The minimum atomic E-state index is 0.411. The molecular formula is C11H23NO2. The summed E-state index contributed by atoms with van der Waals surface area (Å²) in [7, 11) is 1.74. The Kier molecular flexibility index (Phi) is 5.45. The summed E-state index contributed by atoms with van der Waals surface area (Å²) in [5, 5.41) is 3.56. The molecule has 14 heavy (non-hydrogen) atoms. The van der Waals surface area contributed by atoms with Gasteiger partial charge in [0.1, 0.15) is 0 Å². The smallest absolute Gasteiger partial charge is 0.0728 e. The Labute approximate surface area is 87.2 Å². The quantitative estimate of drug-likeness (QED) is 0.707. The van der Waals surface area contributed by atoms with Gasteiger partial charge < -0.3 is 14.8 Å². The Balaban J connectivity index is 2.29. The van der Waals surface area contributed by atoms with Crippen LogP contribution in [0.4, 0.5) is 0 Å². The van der Waals surface area contributed by atoms with Crippen LogP contribution in [0, 0.1) is 0 Å². The second kappa shape index (κ2) is 6.38. The van der Waals surface area contributed by atoms with Crippen LogP contribution in [-0.4, -0.2) is 38.5 Å². The van der Waals surface area contributed by atoms with Crippen LogP contribution in [0.3, 0.4) is 0 Å². The second-order valence-electron chi connectivity index (χ2n) is 4.09. The Morgan fingerprint density at radius 3 is 2.86 bits per heavy atom. The van der Waals surface area contributed by atoms with Gasteiger partial charge >= 0.3 is 0 Å². The highest BCUT2D eigenvalue weighted by molar-refractivity contribution is 4.81. The van der Waals surface area contributed by atoms with Gasteiger partial charge in [-0.05, 0) is 26.2 Å². The van der Waals surface area contributed by atoms with Crippen molar-refractivity contribution in [1.82, 2.24) is 5.32 Å². The molecule has 3 heteroatoms. The summed E-state index contributed by atoms with van der Waals surface area (Å²) in [6.07, 6.45) is 3.95. The van der Waals surface area contributed by atoms with Crippen molar-refractivity contribution in [3.05, 3.63) is 0 Å². The number of hydrogen-bond donors (Lipinski definition) is 1. The van der Waals surface area contributed by atoms with Crippen molar-refractivity contribution < 1.29 is 9.47 Å².